The molecule has 18 heavy (non-hydrogen) atoms. The molecule has 0 aromatic heterocycles. The Labute approximate surface area is 113 Å². The predicted octanol–water partition coefficient (Wildman–Crippen LogP) is 1.93. The van der Waals surface area contributed by atoms with Gasteiger partial charge < -0.3 is 5.32 Å². The van der Waals surface area contributed by atoms with E-state index >= 15 is 0 Å². The number of piperazine rings is 1. The molecule has 0 amide bonds. The molecular weight excluding hydrogens is 222 g/mol. The summed E-state index contributed by atoms with van der Waals surface area (Å²) < 4.78 is 0. The second-order valence-corrected chi connectivity index (χ2v) is 6.99. The van der Waals surface area contributed by atoms with Crippen LogP contribution in [0.4, 0.5) is 0 Å². The molecule has 0 aromatic carbocycles. The van der Waals surface area contributed by atoms with Crippen LogP contribution < -0.4 is 5.32 Å². The van der Waals surface area contributed by atoms with Gasteiger partial charge in [-0.25, -0.2) is 0 Å². The Kier molecular flexibility index (Phi) is 4.68. The van der Waals surface area contributed by atoms with Crippen LogP contribution in [0.5, 0.6) is 0 Å². The van der Waals surface area contributed by atoms with E-state index in [0.29, 0.717) is 5.54 Å². The maximum absolute atomic E-state index is 3.43. The van der Waals surface area contributed by atoms with Gasteiger partial charge in [0.2, 0.25) is 0 Å². The van der Waals surface area contributed by atoms with Crippen LogP contribution in [0.15, 0.2) is 0 Å². The molecule has 0 aromatic rings. The van der Waals surface area contributed by atoms with Crippen LogP contribution in [0.2, 0.25) is 0 Å². The van der Waals surface area contributed by atoms with Crippen molar-refractivity contribution in [3.05, 3.63) is 0 Å². The van der Waals surface area contributed by atoms with Gasteiger partial charge in [-0.2, -0.15) is 0 Å². The molecule has 1 aliphatic carbocycles. The molecule has 0 bridgehead atoms. The molecule has 0 spiro atoms. The number of hydrogen-bond acceptors (Lipinski definition) is 3. The molecule has 3 heteroatoms. The van der Waals surface area contributed by atoms with Crippen LogP contribution in [0.25, 0.3) is 0 Å². The van der Waals surface area contributed by atoms with Crippen molar-refractivity contribution in [3.8, 4) is 0 Å². The topological polar surface area (TPSA) is 18.5 Å². The van der Waals surface area contributed by atoms with Crippen LogP contribution in [0.3, 0.4) is 0 Å². The maximum Gasteiger partial charge on any atom is 0.0126 e. The monoisotopic (exact) mass is 253 g/mol. The summed E-state index contributed by atoms with van der Waals surface area (Å²) >= 11 is 0. The van der Waals surface area contributed by atoms with Gasteiger partial charge >= 0.3 is 0 Å². The fourth-order valence-electron chi connectivity index (χ4n) is 3.49. The first-order chi connectivity index (χ1) is 8.50. The number of nitrogens with zero attached hydrogens (tertiary/aromatic N) is 2. The third-order valence-electron chi connectivity index (χ3n) is 4.88. The summed E-state index contributed by atoms with van der Waals surface area (Å²) in [5, 5.41) is 3.43. The third-order valence-corrected chi connectivity index (χ3v) is 4.88. The molecule has 0 unspecified atom stereocenters. The van der Waals surface area contributed by atoms with Crippen LogP contribution in [-0.4, -0.2) is 60.6 Å². The number of rotatable bonds is 2. The molecule has 1 aliphatic heterocycles. The third kappa shape index (κ3) is 3.46. The van der Waals surface area contributed by atoms with Gasteiger partial charge in [0.05, 0.1) is 0 Å². The first-order valence-corrected chi connectivity index (χ1v) is 7.67. The van der Waals surface area contributed by atoms with Crippen LogP contribution >= 0.6 is 0 Å². The molecule has 0 atom stereocenters. The van der Waals surface area contributed by atoms with E-state index in [1.165, 1.54) is 51.9 Å². The zero-order chi connectivity index (χ0) is 13.2. The van der Waals surface area contributed by atoms with Crippen LogP contribution in [-0.2, 0) is 0 Å². The van der Waals surface area contributed by atoms with E-state index in [9.17, 15) is 0 Å². The van der Waals surface area contributed by atoms with E-state index in [0.717, 1.165) is 12.1 Å². The van der Waals surface area contributed by atoms with Gasteiger partial charge in [0.25, 0.3) is 0 Å². The lowest BCUT2D eigenvalue weighted by Crippen LogP contribution is -2.56. The maximum atomic E-state index is 3.43. The second-order valence-electron chi connectivity index (χ2n) is 6.99. The fourth-order valence-corrected chi connectivity index (χ4v) is 3.49. The normalized spacial score (nSPS) is 32.7. The molecule has 1 saturated heterocycles. The van der Waals surface area contributed by atoms with Gasteiger partial charge in [0.15, 0.2) is 0 Å². The van der Waals surface area contributed by atoms with Crippen LogP contribution in [0.1, 0.15) is 46.5 Å². The average Bonchev–Trinajstić information content (AvgIpc) is 2.38. The zero-order valence-electron chi connectivity index (χ0n) is 12.7. The molecule has 1 saturated carbocycles. The summed E-state index contributed by atoms with van der Waals surface area (Å²) in [6.45, 7) is 12.0. The van der Waals surface area contributed by atoms with Crippen molar-refractivity contribution in [1.29, 1.82) is 0 Å². The van der Waals surface area contributed by atoms with Crippen molar-refractivity contribution >= 4 is 0 Å². The van der Waals surface area contributed by atoms with E-state index < -0.39 is 0 Å². The minimum Gasteiger partial charge on any atom is -0.317 e. The van der Waals surface area contributed by atoms with Crippen molar-refractivity contribution in [2.24, 2.45) is 0 Å². The van der Waals surface area contributed by atoms with E-state index in [4.69, 9.17) is 0 Å². The molecule has 2 aliphatic rings. The highest BCUT2D eigenvalue weighted by Crippen LogP contribution is 2.25. The van der Waals surface area contributed by atoms with Gasteiger partial charge in [-0.05, 0) is 53.5 Å². The molecule has 0 radical (unpaired) electrons. The highest BCUT2D eigenvalue weighted by atomic mass is 15.3. The predicted molar refractivity (Wildman–Crippen MR) is 78.0 cm³/mol. The molecule has 1 heterocycles. The second kappa shape index (κ2) is 5.89. The molecule has 2 fully saturated rings. The summed E-state index contributed by atoms with van der Waals surface area (Å²) in [6, 6.07) is 1.63. The largest absolute Gasteiger partial charge is 0.317 e. The van der Waals surface area contributed by atoms with Crippen molar-refractivity contribution in [3.63, 3.8) is 0 Å². The molecule has 3 nitrogen and oxygen atoms in total. The van der Waals surface area contributed by atoms with E-state index in [2.05, 4.69) is 42.9 Å². The molecule has 1 N–H and O–H groups in total. The average molecular weight is 253 g/mol. The van der Waals surface area contributed by atoms with E-state index in [1.54, 1.807) is 0 Å². The lowest BCUT2D eigenvalue weighted by atomic mass is 9.90. The molecular formula is C15H31N3. The van der Waals surface area contributed by atoms with Gasteiger partial charge in [0.1, 0.15) is 0 Å². The SMILES string of the molecule is CNC1CCC(N2CCN(C(C)(C)C)CC2)CC1. The first kappa shape index (κ1) is 14.3. The minimum atomic E-state index is 0.343. The Morgan fingerprint density at radius 3 is 1.89 bits per heavy atom. The first-order valence-electron chi connectivity index (χ1n) is 7.67. The minimum absolute atomic E-state index is 0.343. The zero-order valence-corrected chi connectivity index (χ0v) is 12.7. The van der Waals surface area contributed by atoms with E-state index in [1.807, 2.05) is 0 Å². The summed E-state index contributed by atoms with van der Waals surface area (Å²) in [4.78, 5) is 5.37. The number of nitrogens with one attached hydrogen (secondary N) is 1. The standard InChI is InChI=1S/C15H31N3/c1-15(2,3)18-11-9-17(10-12-18)14-7-5-13(16-4)6-8-14/h13-14,16H,5-12H2,1-4H3. The van der Waals surface area contributed by atoms with Crippen LogP contribution in [0, 0.1) is 0 Å². The summed E-state index contributed by atoms with van der Waals surface area (Å²) in [7, 11) is 2.10. The lowest BCUT2D eigenvalue weighted by Gasteiger charge is -2.46. The van der Waals surface area contributed by atoms with Crippen molar-refractivity contribution in [2.75, 3.05) is 33.2 Å². The van der Waals surface area contributed by atoms with Gasteiger partial charge in [-0.3, -0.25) is 9.80 Å². The summed E-state index contributed by atoms with van der Waals surface area (Å²) in [5.74, 6) is 0. The molecule has 106 valence electrons. The van der Waals surface area contributed by atoms with Gasteiger partial charge in [-0.1, -0.05) is 0 Å². The Balaban J connectivity index is 1.77. The quantitative estimate of drug-likeness (QED) is 0.811. The highest BCUT2D eigenvalue weighted by molar-refractivity contribution is 4.87. The highest BCUT2D eigenvalue weighted by Gasteiger charge is 2.30. The van der Waals surface area contributed by atoms with E-state index in [-0.39, 0.29) is 0 Å². The Morgan fingerprint density at radius 2 is 1.44 bits per heavy atom. The Bertz CT molecular complexity index is 243. The lowest BCUT2D eigenvalue weighted by molar-refractivity contribution is 0.0311. The van der Waals surface area contributed by atoms with Gasteiger partial charge in [-0.15, -0.1) is 0 Å². The Morgan fingerprint density at radius 1 is 0.889 bits per heavy atom. The summed E-state index contributed by atoms with van der Waals surface area (Å²) in [6.07, 6.45) is 5.50. The fraction of sp³-hybridized carbons (Fsp3) is 1.00. The van der Waals surface area contributed by atoms with Crippen molar-refractivity contribution in [1.82, 2.24) is 15.1 Å². The van der Waals surface area contributed by atoms with Gasteiger partial charge in [0, 0.05) is 43.8 Å². The smallest absolute Gasteiger partial charge is 0.0126 e. The van der Waals surface area contributed by atoms with Crippen molar-refractivity contribution in [2.45, 2.75) is 64.1 Å². The number of hydrogen-bond donors (Lipinski definition) is 1. The van der Waals surface area contributed by atoms with Crippen molar-refractivity contribution < 1.29 is 0 Å². The Hall–Kier alpha value is -0.120. The summed E-state index contributed by atoms with van der Waals surface area (Å²) in [5.41, 5.74) is 0.343. The molecule has 2 rings (SSSR count).